The lowest BCUT2D eigenvalue weighted by molar-refractivity contribution is -0.126. The molecular weight excluding hydrogens is 404 g/mol. The number of hydrogen-bond donors (Lipinski definition) is 1. The van der Waals surface area contributed by atoms with Gasteiger partial charge in [0.05, 0.1) is 10.9 Å². The van der Waals surface area contributed by atoms with Crippen LogP contribution < -0.4 is 14.8 Å². The van der Waals surface area contributed by atoms with E-state index in [2.05, 4.69) is 5.32 Å². The largest absolute Gasteiger partial charge is 0.486 e. The lowest BCUT2D eigenvalue weighted by Gasteiger charge is -2.34. The van der Waals surface area contributed by atoms with E-state index in [1.54, 1.807) is 30.3 Å². The average Bonchev–Trinajstić information content (AvgIpc) is 2.79. The minimum Gasteiger partial charge on any atom is -0.486 e. The molecule has 0 radical (unpaired) electrons. The average molecular weight is 431 g/mol. The number of nitrogens with zero attached hydrogens (tertiary/aromatic N) is 1. The smallest absolute Gasteiger partial charge is 0.243 e. The molecule has 2 aliphatic rings. The van der Waals surface area contributed by atoms with Crippen LogP contribution in [0.2, 0.25) is 0 Å². The van der Waals surface area contributed by atoms with E-state index in [1.807, 2.05) is 25.1 Å². The van der Waals surface area contributed by atoms with Crippen molar-refractivity contribution in [3.8, 4) is 11.5 Å². The van der Waals surface area contributed by atoms with Gasteiger partial charge in [0.1, 0.15) is 19.3 Å². The van der Waals surface area contributed by atoms with Gasteiger partial charge >= 0.3 is 0 Å². The summed E-state index contributed by atoms with van der Waals surface area (Å²) >= 11 is 0. The molecular formula is C22H26N2O5S. The highest BCUT2D eigenvalue weighted by Gasteiger charge is 2.38. The molecule has 0 saturated carbocycles. The molecule has 8 heteroatoms. The van der Waals surface area contributed by atoms with Crippen LogP contribution in [-0.4, -0.2) is 44.4 Å². The quantitative estimate of drug-likeness (QED) is 0.789. The van der Waals surface area contributed by atoms with Crippen molar-refractivity contribution >= 4 is 15.9 Å². The van der Waals surface area contributed by atoms with E-state index in [9.17, 15) is 13.2 Å². The van der Waals surface area contributed by atoms with E-state index < -0.39 is 16.1 Å². The Balaban J connectivity index is 1.51. The van der Waals surface area contributed by atoms with Gasteiger partial charge in [0, 0.05) is 6.54 Å². The van der Waals surface area contributed by atoms with E-state index in [0.717, 1.165) is 18.4 Å². The second-order valence-electron chi connectivity index (χ2n) is 7.57. The van der Waals surface area contributed by atoms with Gasteiger partial charge in [-0.3, -0.25) is 4.79 Å². The van der Waals surface area contributed by atoms with Crippen LogP contribution in [0.15, 0.2) is 53.4 Å². The Labute approximate surface area is 177 Å². The maximum atomic E-state index is 13.1. The van der Waals surface area contributed by atoms with Crippen LogP contribution in [0.5, 0.6) is 11.5 Å². The van der Waals surface area contributed by atoms with E-state index in [0.29, 0.717) is 37.7 Å². The molecule has 2 atom stereocenters. The molecule has 2 aromatic rings. The fourth-order valence-electron chi connectivity index (χ4n) is 3.90. The normalized spacial score (nSPS) is 20.4. The number of hydrogen-bond acceptors (Lipinski definition) is 5. The predicted molar refractivity (Wildman–Crippen MR) is 112 cm³/mol. The SMILES string of the molecule is C[C@H](NC(=O)[C@H]1CCCCN1S(=O)(=O)c1ccccc1)c1ccc2c(c1)OCCO2. The van der Waals surface area contributed by atoms with Gasteiger partial charge in [-0.1, -0.05) is 30.7 Å². The standard InChI is InChI=1S/C22H26N2O5S/c1-16(17-10-11-20-21(15-17)29-14-13-28-20)23-22(25)19-9-5-6-12-24(19)30(26,27)18-7-3-2-4-8-18/h2-4,7-8,10-11,15-16,19H,5-6,9,12-14H2,1H3,(H,23,25)/t16-,19+/m0/s1. The van der Waals surface area contributed by atoms with Crippen molar-refractivity contribution in [3.63, 3.8) is 0 Å². The molecule has 1 amide bonds. The second kappa shape index (κ2) is 8.65. The summed E-state index contributed by atoms with van der Waals surface area (Å²) in [5, 5.41) is 2.98. The number of sulfonamides is 1. The molecule has 4 rings (SSSR count). The van der Waals surface area contributed by atoms with Crippen LogP contribution in [0.3, 0.4) is 0 Å². The Morgan fingerprint density at radius 3 is 2.57 bits per heavy atom. The van der Waals surface area contributed by atoms with Crippen LogP contribution in [0, 0.1) is 0 Å². The van der Waals surface area contributed by atoms with E-state index in [1.165, 1.54) is 4.31 Å². The molecule has 1 saturated heterocycles. The molecule has 2 aliphatic heterocycles. The molecule has 0 bridgehead atoms. The fraction of sp³-hybridized carbons (Fsp3) is 0.409. The number of carbonyl (C=O) groups is 1. The van der Waals surface area contributed by atoms with Crippen molar-refractivity contribution in [2.45, 2.75) is 43.2 Å². The zero-order chi connectivity index (χ0) is 21.1. The van der Waals surface area contributed by atoms with Crippen molar-refractivity contribution in [1.82, 2.24) is 9.62 Å². The Morgan fingerprint density at radius 2 is 1.80 bits per heavy atom. The third-order valence-electron chi connectivity index (χ3n) is 5.53. The van der Waals surface area contributed by atoms with E-state index >= 15 is 0 Å². The van der Waals surface area contributed by atoms with Gasteiger partial charge in [-0.05, 0) is 49.6 Å². The summed E-state index contributed by atoms with van der Waals surface area (Å²) in [7, 11) is -3.73. The van der Waals surface area contributed by atoms with Crippen LogP contribution >= 0.6 is 0 Å². The first-order valence-electron chi connectivity index (χ1n) is 10.2. The third-order valence-corrected chi connectivity index (χ3v) is 7.45. The molecule has 7 nitrogen and oxygen atoms in total. The van der Waals surface area contributed by atoms with Crippen LogP contribution in [0.1, 0.15) is 37.8 Å². The minimum absolute atomic E-state index is 0.213. The van der Waals surface area contributed by atoms with Gasteiger partial charge < -0.3 is 14.8 Å². The Hall–Kier alpha value is -2.58. The predicted octanol–water partition coefficient (Wildman–Crippen LogP) is 2.88. The van der Waals surface area contributed by atoms with Gasteiger partial charge in [-0.15, -0.1) is 0 Å². The molecule has 1 fully saturated rings. The van der Waals surface area contributed by atoms with Crippen molar-refractivity contribution in [2.24, 2.45) is 0 Å². The van der Waals surface area contributed by atoms with Crippen molar-refractivity contribution < 1.29 is 22.7 Å². The second-order valence-corrected chi connectivity index (χ2v) is 9.46. The van der Waals surface area contributed by atoms with E-state index in [4.69, 9.17) is 9.47 Å². The summed E-state index contributed by atoms with van der Waals surface area (Å²) in [6.07, 6.45) is 2.07. The van der Waals surface area contributed by atoms with Crippen molar-refractivity contribution in [3.05, 3.63) is 54.1 Å². The highest BCUT2D eigenvalue weighted by Crippen LogP contribution is 2.33. The molecule has 0 aliphatic carbocycles. The summed E-state index contributed by atoms with van der Waals surface area (Å²) < 4.78 is 38.8. The monoisotopic (exact) mass is 430 g/mol. The summed E-state index contributed by atoms with van der Waals surface area (Å²) in [4.78, 5) is 13.3. The molecule has 2 aromatic carbocycles. The number of piperidine rings is 1. The Bertz CT molecular complexity index is 1010. The molecule has 0 unspecified atom stereocenters. The highest BCUT2D eigenvalue weighted by atomic mass is 32.2. The number of ether oxygens (including phenoxy) is 2. The van der Waals surface area contributed by atoms with Crippen molar-refractivity contribution in [1.29, 1.82) is 0 Å². The fourth-order valence-corrected chi connectivity index (χ4v) is 5.58. The summed E-state index contributed by atoms with van der Waals surface area (Å²) in [5.74, 6) is 1.07. The van der Waals surface area contributed by atoms with Crippen LogP contribution in [0.4, 0.5) is 0 Å². The summed E-state index contributed by atoms with van der Waals surface area (Å²) in [5.41, 5.74) is 0.876. The number of fused-ring (bicyclic) bond motifs is 1. The third kappa shape index (κ3) is 4.15. The molecule has 30 heavy (non-hydrogen) atoms. The lowest BCUT2D eigenvalue weighted by Crippen LogP contribution is -2.52. The number of benzene rings is 2. The Morgan fingerprint density at radius 1 is 1.07 bits per heavy atom. The first kappa shape index (κ1) is 20.7. The van der Waals surface area contributed by atoms with Crippen molar-refractivity contribution in [2.75, 3.05) is 19.8 Å². The molecule has 0 spiro atoms. The highest BCUT2D eigenvalue weighted by molar-refractivity contribution is 7.89. The Kier molecular flexibility index (Phi) is 5.97. The van der Waals surface area contributed by atoms with Gasteiger partial charge in [-0.2, -0.15) is 4.31 Å². The van der Waals surface area contributed by atoms with Gasteiger partial charge in [0.15, 0.2) is 11.5 Å². The van der Waals surface area contributed by atoms with Gasteiger partial charge in [0.2, 0.25) is 15.9 Å². The number of amides is 1. The topological polar surface area (TPSA) is 84.9 Å². The lowest BCUT2D eigenvalue weighted by atomic mass is 10.0. The summed E-state index contributed by atoms with van der Waals surface area (Å²) in [6, 6.07) is 12.9. The number of rotatable bonds is 5. The van der Waals surface area contributed by atoms with Crippen LogP contribution in [0.25, 0.3) is 0 Å². The number of carbonyl (C=O) groups excluding carboxylic acids is 1. The van der Waals surface area contributed by atoms with E-state index in [-0.39, 0.29) is 16.8 Å². The first-order chi connectivity index (χ1) is 14.5. The zero-order valence-corrected chi connectivity index (χ0v) is 17.7. The zero-order valence-electron chi connectivity index (χ0n) is 16.9. The maximum absolute atomic E-state index is 13.1. The molecule has 2 heterocycles. The molecule has 1 N–H and O–H groups in total. The molecule has 160 valence electrons. The summed E-state index contributed by atoms with van der Waals surface area (Å²) in [6.45, 7) is 3.23. The maximum Gasteiger partial charge on any atom is 0.243 e. The first-order valence-corrected chi connectivity index (χ1v) is 11.7. The number of nitrogens with one attached hydrogen (secondary N) is 1. The van der Waals surface area contributed by atoms with Gasteiger partial charge in [-0.25, -0.2) is 8.42 Å². The van der Waals surface area contributed by atoms with Crippen LogP contribution in [-0.2, 0) is 14.8 Å². The van der Waals surface area contributed by atoms with Gasteiger partial charge in [0.25, 0.3) is 0 Å². The minimum atomic E-state index is -3.73. The molecule has 0 aromatic heterocycles.